The van der Waals surface area contributed by atoms with Crippen LogP contribution in [0.4, 0.5) is 11.4 Å². The van der Waals surface area contributed by atoms with E-state index in [0.29, 0.717) is 18.0 Å². The third kappa shape index (κ3) is 3.50. The number of hydrogen-bond acceptors (Lipinski definition) is 4. The van der Waals surface area contributed by atoms with E-state index in [4.69, 9.17) is 0 Å². The van der Waals surface area contributed by atoms with Crippen LogP contribution in [0.5, 0.6) is 0 Å². The van der Waals surface area contributed by atoms with Crippen LogP contribution in [-0.4, -0.2) is 53.6 Å². The number of hydrogen-bond donors (Lipinski definition) is 0. The van der Waals surface area contributed by atoms with Crippen LogP contribution in [-0.2, 0) is 10.0 Å². The summed E-state index contributed by atoms with van der Waals surface area (Å²) in [4.78, 5) is 4.78. The van der Waals surface area contributed by atoms with Crippen LogP contribution in [0, 0.1) is 6.92 Å². The molecule has 0 spiro atoms. The molecule has 1 aliphatic heterocycles. The molecule has 0 unspecified atom stereocenters. The molecule has 0 saturated heterocycles. The van der Waals surface area contributed by atoms with Gasteiger partial charge >= 0.3 is 0 Å². The second-order valence-corrected chi connectivity index (χ2v) is 8.45. The molecule has 5 nitrogen and oxygen atoms in total. The highest BCUT2D eigenvalue weighted by Gasteiger charge is 2.32. The van der Waals surface area contributed by atoms with Crippen LogP contribution in [0.1, 0.15) is 5.56 Å². The molecular formula is C19H25N3O2S. The maximum atomic E-state index is 13.2. The lowest BCUT2D eigenvalue weighted by atomic mass is 10.2. The SMILES string of the molecule is Cc1ccccc1S(=O)(=O)N1CCN(CCN(C)C)c2ccccc21. The Morgan fingerprint density at radius 1 is 0.960 bits per heavy atom. The summed E-state index contributed by atoms with van der Waals surface area (Å²) in [6, 6.07) is 14.9. The Labute approximate surface area is 150 Å². The van der Waals surface area contributed by atoms with E-state index in [-0.39, 0.29) is 0 Å². The minimum atomic E-state index is -3.56. The molecule has 0 saturated carbocycles. The van der Waals surface area contributed by atoms with Crippen molar-refractivity contribution in [2.75, 3.05) is 49.5 Å². The van der Waals surface area contributed by atoms with Gasteiger partial charge in [-0.1, -0.05) is 30.3 Å². The third-order valence-electron chi connectivity index (χ3n) is 4.54. The number of rotatable bonds is 5. The zero-order valence-electron chi connectivity index (χ0n) is 15.0. The van der Waals surface area contributed by atoms with Crippen molar-refractivity contribution in [3.63, 3.8) is 0 Å². The standard InChI is InChI=1S/C19H25N3O2S/c1-16-8-4-7-11-19(16)25(23,24)22-15-14-21(13-12-20(2)3)17-9-5-6-10-18(17)22/h4-11H,12-15H2,1-3H3. The second kappa shape index (κ2) is 7.06. The molecular weight excluding hydrogens is 334 g/mol. The molecule has 0 aromatic heterocycles. The van der Waals surface area contributed by atoms with Gasteiger partial charge in [-0.15, -0.1) is 0 Å². The quantitative estimate of drug-likeness (QED) is 0.823. The molecule has 3 rings (SSSR count). The number of fused-ring (bicyclic) bond motifs is 1. The zero-order valence-corrected chi connectivity index (χ0v) is 15.8. The van der Waals surface area contributed by atoms with Crippen LogP contribution >= 0.6 is 0 Å². The van der Waals surface area contributed by atoms with E-state index in [1.165, 1.54) is 0 Å². The maximum absolute atomic E-state index is 13.2. The maximum Gasteiger partial charge on any atom is 0.264 e. The van der Waals surface area contributed by atoms with Crippen molar-refractivity contribution < 1.29 is 8.42 Å². The van der Waals surface area contributed by atoms with Gasteiger partial charge in [-0.3, -0.25) is 4.31 Å². The first-order valence-electron chi connectivity index (χ1n) is 8.48. The molecule has 0 fully saturated rings. The van der Waals surface area contributed by atoms with Crippen molar-refractivity contribution in [3.8, 4) is 0 Å². The van der Waals surface area contributed by atoms with Gasteiger partial charge in [-0.25, -0.2) is 8.42 Å². The van der Waals surface area contributed by atoms with Crippen molar-refractivity contribution >= 4 is 21.4 Å². The molecule has 0 aliphatic carbocycles. The van der Waals surface area contributed by atoms with Crippen molar-refractivity contribution in [2.24, 2.45) is 0 Å². The number of anilines is 2. The van der Waals surface area contributed by atoms with Crippen molar-refractivity contribution in [1.29, 1.82) is 0 Å². The van der Waals surface area contributed by atoms with E-state index in [1.807, 2.05) is 57.4 Å². The van der Waals surface area contributed by atoms with Gasteiger partial charge in [-0.2, -0.15) is 0 Å². The van der Waals surface area contributed by atoms with E-state index in [0.717, 1.165) is 30.0 Å². The molecule has 0 amide bonds. The molecule has 1 aliphatic rings. The lowest BCUT2D eigenvalue weighted by Crippen LogP contribution is -2.45. The number of para-hydroxylation sites is 2. The summed E-state index contributed by atoms with van der Waals surface area (Å²) in [5.41, 5.74) is 2.51. The molecule has 134 valence electrons. The van der Waals surface area contributed by atoms with E-state index in [2.05, 4.69) is 9.80 Å². The highest BCUT2D eigenvalue weighted by Crippen LogP contribution is 2.36. The number of nitrogens with zero attached hydrogens (tertiary/aromatic N) is 3. The van der Waals surface area contributed by atoms with Crippen molar-refractivity contribution in [3.05, 3.63) is 54.1 Å². The summed E-state index contributed by atoms with van der Waals surface area (Å²) in [7, 11) is 0.528. The van der Waals surface area contributed by atoms with E-state index in [9.17, 15) is 8.42 Å². The molecule has 25 heavy (non-hydrogen) atoms. The van der Waals surface area contributed by atoms with Gasteiger partial charge in [0.15, 0.2) is 0 Å². The van der Waals surface area contributed by atoms with Gasteiger partial charge in [0.05, 0.1) is 22.8 Å². The van der Waals surface area contributed by atoms with Gasteiger partial charge in [0.25, 0.3) is 10.0 Å². The van der Waals surface area contributed by atoms with Gasteiger partial charge in [0.1, 0.15) is 0 Å². The number of sulfonamides is 1. The summed E-state index contributed by atoms with van der Waals surface area (Å²) in [6.45, 7) is 4.80. The molecule has 1 heterocycles. The Bertz CT molecular complexity index is 849. The van der Waals surface area contributed by atoms with Crippen molar-refractivity contribution in [2.45, 2.75) is 11.8 Å². The predicted molar refractivity (Wildman–Crippen MR) is 103 cm³/mol. The molecule has 6 heteroatoms. The molecule has 0 N–H and O–H groups in total. The fraction of sp³-hybridized carbons (Fsp3) is 0.368. The van der Waals surface area contributed by atoms with E-state index < -0.39 is 10.0 Å². The minimum absolute atomic E-state index is 0.381. The largest absolute Gasteiger partial charge is 0.367 e. The Balaban J connectivity index is 1.98. The van der Waals surface area contributed by atoms with Gasteiger partial charge < -0.3 is 9.80 Å². The highest BCUT2D eigenvalue weighted by atomic mass is 32.2. The van der Waals surface area contributed by atoms with E-state index in [1.54, 1.807) is 16.4 Å². The van der Waals surface area contributed by atoms with Crippen LogP contribution < -0.4 is 9.21 Å². The Kier molecular flexibility index (Phi) is 5.01. The molecule has 0 radical (unpaired) electrons. The molecule has 2 aromatic rings. The lowest BCUT2D eigenvalue weighted by molar-refractivity contribution is 0.413. The van der Waals surface area contributed by atoms with Crippen LogP contribution in [0.25, 0.3) is 0 Å². The van der Waals surface area contributed by atoms with Gasteiger partial charge in [0.2, 0.25) is 0 Å². The Morgan fingerprint density at radius 3 is 2.28 bits per heavy atom. The monoisotopic (exact) mass is 359 g/mol. The average Bonchev–Trinajstić information content (AvgIpc) is 2.59. The first kappa shape index (κ1) is 17.8. The highest BCUT2D eigenvalue weighted by molar-refractivity contribution is 7.93. The number of benzene rings is 2. The first-order valence-corrected chi connectivity index (χ1v) is 9.92. The number of aryl methyl sites for hydroxylation is 1. The lowest BCUT2D eigenvalue weighted by Gasteiger charge is -2.38. The Morgan fingerprint density at radius 2 is 1.60 bits per heavy atom. The fourth-order valence-electron chi connectivity index (χ4n) is 3.16. The summed E-state index contributed by atoms with van der Waals surface area (Å²) >= 11 is 0. The summed E-state index contributed by atoms with van der Waals surface area (Å²) in [5, 5.41) is 0. The third-order valence-corrected chi connectivity index (χ3v) is 6.52. The predicted octanol–water partition coefficient (Wildman–Crippen LogP) is 2.57. The van der Waals surface area contributed by atoms with Gasteiger partial charge in [-0.05, 0) is 44.8 Å². The van der Waals surface area contributed by atoms with E-state index >= 15 is 0 Å². The van der Waals surface area contributed by atoms with Crippen LogP contribution in [0.2, 0.25) is 0 Å². The smallest absolute Gasteiger partial charge is 0.264 e. The van der Waals surface area contributed by atoms with Crippen LogP contribution in [0.15, 0.2) is 53.4 Å². The van der Waals surface area contributed by atoms with Crippen molar-refractivity contribution in [1.82, 2.24) is 4.90 Å². The number of likely N-dealkylation sites (N-methyl/N-ethyl adjacent to an activating group) is 1. The topological polar surface area (TPSA) is 43.9 Å². The summed E-state index contributed by atoms with van der Waals surface area (Å²) < 4.78 is 28.0. The average molecular weight is 359 g/mol. The first-order chi connectivity index (χ1) is 11.9. The molecule has 2 aromatic carbocycles. The molecule has 0 atom stereocenters. The summed E-state index contributed by atoms with van der Waals surface area (Å²) in [5.74, 6) is 0. The molecule has 0 bridgehead atoms. The van der Waals surface area contributed by atoms with Crippen LogP contribution in [0.3, 0.4) is 0 Å². The second-order valence-electron chi connectivity index (χ2n) is 6.62. The normalized spacial score (nSPS) is 14.7. The fourth-order valence-corrected chi connectivity index (χ4v) is 4.86. The zero-order chi connectivity index (χ0) is 18.0. The van der Waals surface area contributed by atoms with Gasteiger partial charge in [0, 0.05) is 19.6 Å². The minimum Gasteiger partial charge on any atom is -0.367 e. The summed E-state index contributed by atoms with van der Waals surface area (Å²) in [6.07, 6.45) is 0. The Hall–Kier alpha value is -2.05.